The van der Waals surface area contributed by atoms with E-state index in [-0.39, 0.29) is 12.7 Å². The SMILES string of the molecule is CC(C)Oc1cccc(COS(C)(=O)=O)c1. The van der Waals surface area contributed by atoms with E-state index in [4.69, 9.17) is 8.92 Å². The lowest BCUT2D eigenvalue weighted by molar-refractivity contribution is 0.241. The van der Waals surface area contributed by atoms with Crippen molar-refractivity contribution in [2.45, 2.75) is 26.6 Å². The molecule has 0 fully saturated rings. The van der Waals surface area contributed by atoms with E-state index in [2.05, 4.69) is 0 Å². The Balaban J connectivity index is 2.67. The summed E-state index contributed by atoms with van der Waals surface area (Å²) in [6, 6.07) is 7.19. The Morgan fingerprint density at radius 2 is 2.00 bits per heavy atom. The summed E-state index contributed by atoms with van der Waals surface area (Å²) in [6.45, 7) is 3.90. The van der Waals surface area contributed by atoms with Gasteiger partial charge in [0.25, 0.3) is 10.1 Å². The quantitative estimate of drug-likeness (QED) is 0.743. The number of hydrogen-bond acceptors (Lipinski definition) is 4. The van der Waals surface area contributed by atoms with Gasteiger partial charge >= 0.3 is 0 Å². The van der Waals surface area contributed by atoms with Crippen LogP contribution >= 0.6 is 0 Å². The maximum Gasteiger partial charge on any atom is 0.264 e. The molecule has 1 aromatic carbocycles. The van der Waals surface area contributed by atoms with E-state index < -0.39 is 10.1 Å². The van der Waals surface area contributed by atoms with Gasteiger partial charge in [-0.2, -0.15) is 8.42 Å². The van der Waals surface area contributed by atoms with Crippen molar-refractivity contribution in [3.63, 3.8) is 0 Å². The molecule has 1 aromatic rings. The molecule has 0 bridgehead atoms. The summed E-state index contributed by atoms with van der Waals surface area (Å²) in [5, 5.41) is 0. The maximum atomic E-state index is 10.8. The molecule has 0 saturated heterocycles. The van der Waals surface area contributed by atoms with Crippen molar-refractivity contribution in [2.24, 2.45) is 0 Å². The van der Waals surface area contributed by atoms with E-state index in [1.807, 2.05) is 19.9 Å². The highest BCUT2D eigenvalue weighted by molar-refractivity contribution is 7.85. The predicted molar refractivity (Wildman–Crippen MR) is 61.8 cm³/mol. The predicted octanol–water partition coefficient (Wildman–Crippen LogP) is 1.95. The summed E-state index contributed by atoms with van der Waals surface area (Å²) in [4.78, 5) is 0. The molecule has 0 saturated carbocycles. The second-order valence-corrected chi connectivity index (χ2v) is 5.42. The van der Waals surface area contributed by atoms with Gasteiger partial charge in [0.05, 0.1) is 19.0 Å². The fraction of sp³-hybridized carbons (Fsp3) is 0.455. The van der Waals surface area contributed by atoms with Crippen LogP contribution in [0, 0.1) is 0 Å². The van der Waals surface area contributed by atoms with E-state index >= 15 is 0 Å². The largest absolute Gasteiger partial charge is 0.491 e. The molecule has 0 heterocycles. The van der Waals surface area contributed by atoms with Crippen LogP contribution < -0.4 is 4.74 Å². The topological polar surface area (TPSA) is 52.6 Å². The zero-order chi connectivity index (χ0) is 12.2. The van der Waals surface area contributed by atoms with Crippen molar-refractivity contribution >= 4 is 10.1 Å². The molecule has 5 heteroatoms. The number of benzene rings is 1. The summed E-state index contributed by atoms with van der Waals surface area (Å²) < 4.78 is 31.8. The molecule has 1 rings (SSSR count). The first-order valence-corrected chi connectivity index (χ1v) is 6.78. The van der Waals surface area contributed by atoms with Gasteiger partial charge in [0.2, 0.25) is 0 Å². The monoisotopic (exact) mass is 244 g/mol. The van der Waals surface area contributed by atoms with Gasteiger partial charge in [-0.25, -0.2) is 0 Å². The van der Waals surface area contributed by atoms with E-state index in [0.29, 0.717) is 5.75 Å². The lowest BCUT2D eigenvalue weighted by Crippen LogP contribution is -2.06. The third kappa shape index (κ3) is 5.14. The van der Waals surface area contributed by atoms with Gasteiger partial charge in [-0.05, 0) is 31.5 Å². The zero-order valence-electron chi connectivity index (χ0n) is 9.64. The van der Waals surface area contributed by atoms with Crippen LogP contribution in [0.5, 0.6) is 5.75 Å². The maximum absolute atomic E-state index is 10.8. The van der Waals surface area contributed by atoms with Gasteiger partial charge in [0, 0.05) is 0 Å². The van der Waals surface area contributed by atoms with Gasteiger partial charge in [0.1, 0.15) is 5.75 Å². The average Bonchev–Trinajstić information content (AvgIpc) is 2.13. The van der Waals surface area contributed by atoms with Crippen molar-refractivity contribution in [1.29, 1.82) is 0 Å². The molecule has 0 aliphatic carbocycles. The van der Waals surface area contributed by atoms with E-state index in [0.717, 1.165) is 11.8 Å². The summed E-state index contributed by atoms with van der Waals surface area (Å²) in [5.74, 6) is 0.713. The number of ether oxygens (including phenoxy) is 1. The minimum atomic E-state index is -3.40. The number of rotatable bonds is 5. The Kier molecular flexibility index (Phi) is 4.32. The van der Waals surface area contributed by atoms with E-state index in [1.165, 1.54) is 0 Å². The molecule has 0 aliphatic rings. The second-order valence-electron chi connectivity index (χ2n) is 3.78. The molecule has 0 aliphatic heterocycles. The summed E-state index contributed by atoms with van der Waals surface area (Å²) in [6.07, 6.45) is 1.12. The van der Waals surface area contributed by atoms with Crippen LogP contribution in [-0.2, 0) is 20.9 Å². The van der Waals surface area contributed by atoms with Crippen LogP contribution in [-0.4, -0.2) is 20.8 Å². The van der Waals surface area contributed by atoms with Crippen molar-refractivity contribution in [2.75, 3.05) is 6.26 Å². The Morgan fingerprint density at radius 3 is 2.56 bits per heavy atom. The summed E-state index contributed by atoms with van der Waals surface area (Å²) in [7, 11) is -3.40. The molecule has 0 N–H and O–H groups in total. The summed E-state index contributed by atoms with van der Waals surface area (Å²) >= 11 is 0. The molecular formula is C11H16O4S. The first-order chi connectivity index (χ1) is 7.37. The third-order valence-electron chi connectivity index (χ3n) is 1.71. The molecule has 0 radical (unpaired) electrons. The standard InChI is InChI=1S/C11H16O4S/c1-9(2)15-11-6-4-5-10(7-11)8-14-16(3,12)13/h4-7,9H,8H2,1-3H3. The highest BCUT2D eigenvalue weighted by Gasteiger charge is 2.04. The first kappa shape index (κ1) is 13.0. The Morgan fingerprint density at radius 1 is 1.31 bits per heavy atom. The minimum absolute atomic E-state index is 0.0358. The van der Waals surface area contributed by atoms with Crippen LogP contribution in [0.3, 0.4) is 0 Å². The van der Waals surface area contributed by atoms with Gasteiger partial charge in [-0.15, -0.1) is 0 Å². The van der Waals surface area contributed by atoms with Crippen molar-refractivity contribution in [1.82, 2.24) is 0 Å². The normalized spacial score (nSPS) is 11.8. The highest BCUT2D eigenvalue weighted by Crippen LogP contribution is 2.15. The van der Waals surface area contributed by atoms with Crippen molar-refractivity contribution in [3.05, 3.63) is 29.8 Å². The van der Waals surface area contributed by atoms with E-state index in [1.54, 1.807) is 18.2 Å². The average molecular weight is 244 g/mol. The molecule has 0 atom stereocenters. The smallest absolute Gasteiger partial charge is 0.264 e. The molecule has 0 spiro atoms. The molecule has 0 unspecified atom stereocenters. The molecule has 0 amide bonds. The number of hydrogen-bond donors (Lipinski definition) is 0. The van der Waals surface area contributed by atoms with Crippen LogP contribution in [0.4, 0.5) is 0 Å². The Labute approximate surface area is 96.3 Å². The first-order valence-electron chi connectivity index (χ1n) is 4.97. The van der Waals surface area contributed by atoms with Gasteiger partial charge < -0.3 is 4.74 Å². The van der Waals surface area contributed by atoms with Crippen molar-refractivity contribution in [3.8, 4) is 5.75 Å². The molecule has 16 heavy (non-hydrogen) atoms. The fourth-order valence-corrected chi connectivity index (χ4v) is 1.51. The highest BCUT2D eigenvalue weighted by atomic mass is 32.2. The lowest BCUT2D eigenvalue weighted by atomic mass is 10.2. The van der Waals surface area contributed by atoms with Crippen LogP contribution in [0.2, 0.25) is 0 Å². The minimum Gasteiger partial charge on any atom is -0.491 e. The van der Waals surface area contributed by atoms with E-state index in [9.17, 15) is 8.42 Å². The molecule has 4 nitrogen and oxygen atoms in total. The van der Waals surface area contributed by atoms with Gasteiger partial charge in [0.15, 0.2) is 0 Å². The van der Waals surface area contributed by atoms with Crippen LogP contribution in [0.15, 0.2) is 24.3 Å². The molecule has 90 valence electrons. The second kappa shape index (κ2) is 5.32. The Bertz CT molecular complexity index is 437. The third-order valence-corrected chi connectivity index (χ3v) is 2.26. The van der Waals surface area contributed by atoms with Gasteiger partial charge in [-0.3, -0.25) is 4.18 Å². The van der Waals surface area contributed by atoms with Crippen LogP contribution in [0.25, 0.3) is 0 Å². The van der Waals surface area contributed by atoms with Crippen LogP contribution in [0.1, 0.15) is 19.4 Å². The van der Waals surface area contributed by atoms with Crippen molar-refractivity contribution < 1.29 is 17.3 Å². The summed E-state index contributed by atoms with van der Waals surface area (Å²) in [5.41, 5.74) is 0.767. The zero-order valence-corrected chi connectivity index (χ0v) is 10.5. The molecular weight excluding hydrogens is 228 g/mol. The lowest BCUT2D eigenvalue weighted by Gasteiger charge is -2.10. The molecule has 0 aromatic heterocycles. The fourth-order valence-electron chi connectivity index (χ4n) is 1.16. The Hall–Kier alpha value is -1.07. The van der Waals surface area contributed by atoms with Gasteiger partial charge in [-0.1, -0.05) is 12.1 Å².